The molecular weight excluding hydrogens is 359 g/mol. The molecule has 0 unspecified atom stereocenters. The molecule has 0 aliphatic rings. The van der Waals surface area contributed by atoms with Crippen molar-refractivity contribution in [1.29, 1.82) is 0 Å². The van der Waals surface area contributed by atoms with Crippen LogP contribution >= 0.6 is 0 Å². The summed E-state index contributed by atoms with van der Waals surface area (Å²) in [6, 6.07) is 2.94. The van der Waals surface area contributed by atoms with E-state index in [1.165, 1.54) is 13.2 Å². The van der Waals surface area contributed by atoms with Crippen molar-refractivity contribution in [1.82, 2.24) is 0 Å². The van der Waals surface area contributed by atoms with Gasteiger partial charge in [0.25, 0.3) is 0 Å². The minimum atomic E-state index is -4.47. The van der Waals surface area contributed by atoms with Crippen LogP contribution in [0.1, 0.15) is 26.3 Å². The first-order chi connectivity index (χ1) is 11.7. The average Bonchev–Trinajstić information content (AvgIpc) is 2.49. The van der Waals surface area contributed by atoms with E-state index in [1.54, 1.807) is 6.08 Å². The summed E-state index contributed by atoms with van der Waals surface area (Å²) in [7, 11) is -0.792. The van der Waals surface area contributed by atoms with E-state index in [4.69, 9.17) is 9.16 Å². The van der Waals surface area contributed by atoms with Gasteiger partial charge in [-0.3, -0.25) is 0 Å². The predicted octanol–water partition coefficient (Wildman–Crippen LogP) is 6.22. The average molecular weight is 388 g/mol. The molecule has 0 aromatic heterocycles. The van der Waals surface area contributed by atoms with E-state index in [2.05, 4.69) is 52.3 Å². The van der Waals surface area contributed by atoms with Crippen molar-refractivity contribution in [2.24, 2.45) is 0 Å². The number of methoxy groups -OCH3 is 1. The third-order valence-electron chi connectivity index (χ3n) is 4.57. The molecule has 0 saturated heterocycles. The highest BCUT2D eigenvalue weighted by molar-refractivity contribution is 6.74. The van der Waals surface area contributed by atoms with Crippen molar-refractivity contribution in [3.63, 3.8) is 0 Å². The maximum absolute atomic E-state index is 13.1. The van der Waals surface area contributed by atoms with Crippen LogP contribution in [-0.2, 0) is 10.6 Å². The van der Waals surface area contributed by atoms with E-state index in [0.717, 1.165) is 12.1 Å². The van der Waals surface area contributed by atoms with Crippen molar-refractivity contribution in [2.75, 3.05) is 12.4 Å². The molecule has 0 saturated carbocycles. The molecule has 0 aliphatic carbocycles. The fourth-order valence-corrected chi connectivity index (χ4v) is 3.05. The van der Waals surface area contributed by atoms with Gasteiger partial charge >= 0.3 is 6.18 Å². The molecule has 146 valence electrons. The fourth-order valence-electron chi connectivity index (χ4n) is 1.96. The highest BCUT2D eigenvalue weighted by Crippen LogP contribution is 2.39. The van der Waals surface area contributed by atoms with E-state index in [1.807, 2.05) is 0 Å². The lowest BCUT2D eigenvalue weighted by Gasteiger charge is -2.38. The Balaban J connectivity index is 3.08. The quantitative estimate of drug-likeness (QED) is 0.342. The molecule has 7 heteroatoms. The van der Waals surface area contributed by atoms with Crippen LogP contribution in [0.4, 0.5) is 18.9 Å². The van der Waals surface area contributed by atoms with Gasteiger partial charge in [-0.1, -0.05) is 33.4 Å². The van der Waals surface area contributed by atoms with Gasteiger partial charge in [0.05, 0.1) is 24.5 Å². The molecule has 0 bridgehead atoms. The zero-order valence-electron chi connectivity index (χ0n) is 16.3. The number of rotatable bonds is 7. The Kier molecular flexibility index (Phi) is 6.62. The molecule has 0 amide bonds. The van der Waals surface area contributed by atoms with Gasteiger partial charge in [-0.15, -0.1) is 6.58 Å². The van der Waals surface area contributed by atoms with Crippen LogP contribution in [0.25, 0.3) is 0 Å². The standard InChI is InChI=1S/C19H28F3NO2Si/c1-9-17(13(2)25-26(7,8)18(3,4)5)23-15-10-14(19(20,21)22)11-16(12-15)24-6/h9-12,17,23H,1-2H2,3-8H3/t17-/m0/s1. The third-order valence-corrected chi connectivity index (χ3v) is 8.95. The normalized spacial score (nSPS) is 13.7. The number of alkyl halides is 3. The van der Waals surface area contributed by atoms with Crippen molar-refractivity contribution < 1.29 is 22.3 Å². The van der Waals surface area contributed by atoms with Gasteiger partial charge in [0.1, 0.15) is 5.75 Å². The summed E-state index contributed by atoms with van der Waals surface area (Å²) in [5.74, 6) is 0.545. The Bertz CT molecular complexity index is 664. The zero-order valence-corrected chi connectivity index (χ0v) is 17.3. The highest BCUT2D eigenvalue weighted by atomic mass is 28.4. The van der Waals surface area contributed by atoms with Gasteiger partial charge in [-0.05, 0) is 30.3 Å². The Morgan fingerprint density at radius 2 is 1.77 bits per heavy atom. The molecule has 0 aliphatic heterocycles. The molecule has 0 fully saturated rings. The van der Waals surface area contributed by atoms with Crippen LogP contribution in [0.5, 0.6) is 5.75 Å². The summed E-state index contributed by atoms with van der Waals surface area (Å²) < 4.78 is 50.3. The van der Waals surface area contributed by atoms with Gasteiger partial charge in [0, 0.05) is 11.8 Å². The monoisotopic (exact) mass is 387 g/mol. The molecule has 0 radical (unpaired) electrons. The van der Waals surface area contributed by atoms with Crippen LogP contribution in [0.3, 0.4) is 0 Å². The first-order valence-corrected chi connectivity index (χ1v) is 11.2. The molecule has 3 nitrogen and oxygen atoms in total. The minimum absolute atomic E-state index is 0.0267. The largest absolute Gasteiger partial charge is 0.545 e. The van der Waals surface area contributed by atoms with Crippen molar-refractivity contribution in [3.05, 3.63) is 48.8 Å². The summed E-state index contributed by atoms with van der Waals surface area (Å²) in [6.07, 6.45) is -2.91. The summed E-state index contributed by atoms with van der Waals surface area (Å²) in [5, 5.41) is 2.96. The van der Waals surface area contributed by atoms with E-state index in [-0.39, 0.29) is 16.5 Å². The highest BCUT2D eigenvalue weighted by Gasteiger charge is 2.40. The fraction of sp³-hybridized carbons (Fsp3) is 0.474. The summed E-state index contributed by atoms with van der Waals surface area (Å²) in [4.78, 5) is 0. The minimum Gasteiger partial charge on any atom is -0.545 e. The Hall–Kier alpha value is -1.89. The molecule has 0 heterocycles. The lowest BCUT2D eigenvalue weighted by molar-refractivity contribution is -0.137. The second kappa shape index (κ2) is 7.78. The smallest absolute Gasteiger partial charge is 0.416 e. The lowest BCUT2D eigenvalue weighted by Crippen LogP contribution is -2.42. The molecule has 1 aromatic carbocycles. The van der Waals surface area contributed by atoms with E-state index in [0.29, 0.717) is 5.76 Å². The van der Waals surface area contributed by atoms with Crippen LogP contribution in [0.2, 0.25) is 18.1 Å². The molecule has 1 rings (SSSR count). The van der Waals surface area contributed by atoms with Gasteiger partial charge in [-0.25, -0.2) is 0 Å². The number of ether oxygens (including phenoxy) is 1. The number of halogens is 3. The summed E-state index contributed by atoms with van der Waals surface area (Å²) in [5.41, 5.74) is -0.542. The van der Waals surface area contributed by atoms with Crippen molar-refractivity contribution in [2.45, 2.75) is 51.1 Å². The summed E-state index contributed by atoms with van der Waals surface area (Å²) >= 11 is 0. The van der Waals surface area contributed by atoms with Crippen LogP contribution in [-0.4, -0.2) is 21.5 Å². The third kappa shape index (κ3) is 5.55. The molecular formula is C19H28F3NO2Si. The van der Waals surface area contributed by atoms with Crippen LogP contribution < -0.4 is 10.1 Å². The van der Waals surface area contributed by atoms with Crippen LogP contribution in [0, 0.1) is 0 Å². The van der Waals surface area contributed by atoms with E-state index < -0.39 is 26.1 Å². The second-order valence-electron chi connectivity index (χ2n) is 7.63. The van der Waals surface area contributed by atoms with Gasteiger partial charge < -0.3 is 14.5 Å². The number of anilines is 1. The molecule has 0 spiro atoms. The summed E-state index contributed by atoms with van der Waals surface area (Å²) in [6.45, 7) is 18.1. The second-order valence-corrected chi connectivity index (χ2v) is 12.4. The molecule has 1 atom stereocenters. The Morgan fingerprint density at radius 1 is 1.19 bits per heavy atom. The zero-order chi connectivity index (χ0) is 20.3. The molecule has 26 heavy (non-hydrogen) atoms. The first kappa shape index (κ1) is 22.1. The van der Waals surface area contributed by atoms with Crippen LogP contribution in [0.15, 0.2) is 43.2 Å². The van der Waals surface area contributed by atoms with Gasteiger partial charge in [-0.2, -0.15) is 13.2 Å². The van der Waals surface area contributed by atoms with E-state index in [9.17, 15) is 13.2 Å². The number of hydrogen-bond acceptors (Lipinski definition) is 3. The van der Waals surface area contributed by atoms with Crippen molar-refractivity contribution in [3.8, 4) is 5.75 Å². The number of hydrogen-bond donors (Lipinski definition) is 1. The molecule has 1 aromatic rings. The topological polar surface area (TPSA) is 30.5 Å². The molecule has 1 N–H and O–H groups in total. The Morgan fingerprint density at radius 3 is 2.19 bits per heavy atom. The van der Waals surface area contributed by atoms with Crippen molar-refractivity contribution >= 4 is 14.0 Å². The van der Waals surface area contributed by atoms with E-state index >= 15 is 0 Å². The predicted molar refractivity (Wildman–Crippen MR) is 103 cm³/mol. The first-order valence-electron chi connectivity index (χ1n) is 8.24. The Labute approximate surface area is 155 Å². The number of benzene rings is 1. The number of nitrogens with one attached hydrogen (secondary N) is 1. The SMILES string of the molecule is C=C[C@H](Nc1cc(OC)cc(C(F)(F)F)c1)C(=C)O[Si](C)(C)C(C)(C)C. The van der Waals surface area contributed by atoms with Gasteiger partial charge in [0.2, 0.25) is 8.32 Å². The maximum Gasteiger partial charge on any atom is 0.416 e. The van der Waals surface area contributed by atoms with Gasteiger partial charge in [0.15, 0.2) is 0 Å². The lowest BCUT2D eigenvalue weighted by atomic mass is 10.1. The maximum atomic E-state index is 13.1.